The molecule has 1 heterocycles. The van der Waals surface area contributed by atoms with E-state index in [-0.39, 0.29) is 6.23 Å². The van der Waals surface area contributed by atoms with E-state index in [2.05, 4.69) is 75.7 Å². The zero-order valence-corrected chi connectivity index (χ0v) is 14.7. The minimum Gasteiger partial charge on any atom is -0.433 e. The van der Waals surface area contributed by atoms with Crippen molar-refractivity contribution in [1.82, 2.24) is 0 Å². The van der Waals surface area contributed by atoms with Crippen LogP contribution < -0.4 is 4.74 Å². The van der Waals surface area contributed by atoms with Gasteiger partial charge in [0.2, 0.25) is 5.69 Å². The van der Waals surface area contributed by atoms with E-state index in [9.17, 15) is 0 Å². The van der Waals surface area contributed by atoms with Gasteiger partial charge in [0, 0.05) is 18.1 Å². The molecule has 3 rings (SSSR count). The van der Waals surface area contributed by atoms with Crippen molar-refractivity contribution in [3.05, 3.63) is 59.2 Å². The Labute approximate surface area is 139 Å². The summed E-state index contributed by atoms with van der Waals surface area (Å²) < 4.78 is 8.46. The molecule has 0 radical (unpaired) electrons. The Morgan fingerprint density at radius 3 is 2.09 bits per heavy atom. The molecule has 0 fully saturated rings. The van der Waals surface area contributed by atoms with Gasteiger partial charge in [-0.1, -0.05) is 58.0 Å². The van der Waals surface area contributed by atoms with Gasteiger partial charge in [0.1, 0.15) is 5.75 Å². The monoisotopic (exact) mass is 308 g/mol. The van der Waals surface area contributed by atoms with Gasteiger partial charge in [0.25, 0.3) is 6.23 Å². The summed E-state index contributed by atoms with van der Waals surface area (Å²) in [5.41, 5.74) is 5.20. The third-order valence-corrected chi connectivity index (χ3v) is 4.49. The number of hydrogen-bond donors (Lipinski definition) is 0. The first-order chi connectivity index (χ1) is 11.0. The highest BCUT2D eigenvalue weighted by Crippen LogP contribution is 2.37. The first-order valence-corrected chi connectivity index (χ1v) is 8.50. The van der Waals surface area contributed by atoms with E-state index < -0.39 is 0 Å². The van der Waals surface area contributed by atoms with Crippen LogP contribution in [0.3, 0.4) is 0 Å². The average Bonchev–Trinajstić information content (AvgIpc) is 2.53. The largest absolute Gasteiger partial charge is 0.433 e. The number of nitrogens with zero attached hydrogens (tertiary/aromatic N) is 1. The molecule has 120 valence electrons. The predicted octanol–water partition coefficient (Wildman–Crippen LogP) is 5.43. The minimum absolute atomic E-state index is 0.0118. The molecule has 23 heavy (non-hydrogen) atoms. The Morgan fingerprint density at radius 2 is 1.48 bits per heavy atom. The van der Waals surface area contributed by atoms with Gasteiger partial charge in [-0.05, 0) is 24.0 Å². The maximum absolute atomic E-state index is 6.16. The first-order valence-electron chi connectivity index (χ1n) is 8.50. The molecule has 0 saturated carbocycles. The van der Waals surface area contributed by atoms with Gasteiger partial charge >= 0.3 is 0 Å². The Hall–Kier alpha value is -2.09. The topological polar surface area (TPSA) is 12.2 Å². The lowest BCUT2D eigenvalue weighted by molar-refractivity contribution is -0.523. The van der Waals surface area contributed by atoms with E-state index in [0.29, 0.717) is 11.8 Å². The van der Waals surface area contributed by atoms with Crippen LogP contribution in [0.4, 0.5) is 5.69 Å². The van der Waals surface area contributed by atoms with Gasteiger partial charge in [0.15, 0.2) is 6.21 Å². The molecular formula is C21H26NO+. The highest BCUT2D eigenvalue weighted by atomic mass is 16.5. The second kappa shape index (κ2) is 6.19. The highest BCUT2D eigenvalue weighted by Gasteiger charge is 2.31. The fraction of sp³-hybridized carbons (Fsp3) is 0.381. The van der Waals surface area contributed by atoms with Gasteiger partial charge in [-0.25, -0.2) is 0 Å². The van der Waals surface area contributed by atoms with Gasteiger partial charge in [0.05, 0.1) is 5.56 Å². The molecule has 0 bridgehead atoms. The first kappa shape index (κ1) is 15.8. The smallest absolute Gasteiger partial charge is 0.299 e. The van der Waals surface area contributed by atoms with E-state index in [1.165, 1.54) is 16.8 Å². The number of benzene rings is 2. The molecule has 2 aromatic rings. The van der Waals surface area contributed by atoms with Crippen LogP contribution in [-0.4, -0.2) is 17.0 Å². The lowest BCUT2D eigenvalue weighted by atomic mass is 9.92. The molecule has 1 aliphatic heterocycles. The van der Waals surface area contributed by atoms with E-state index in [0.717, 1.165) is 11.3 Å². The van der Waals surface area contributed by atoms with Crippen LogP contribution in [0.15, 0.2) is 42.5 Å². The van der Waals surface area contributed by atoms with Gasteiger partial charge in [-0.15, -0.1) is 0 Å². The summed E-state index contributed by atoms with van der Waals surface area (Å²) in [7, 11) is 0. The second-order valence-corrected chi connectivity index (χ2v) is 6.89. The van der Waals surface area contributed by atoms with Crippen LogP contribution in [0, 0.1) is 0 Å². The second-order valence-electron chi connectivity index (χ2n) is 6.89. The predicted molar refractivity (Wildman–Crippen MR) is 96.2 cm³/mol. The Kier molecular flexibility index (Phi) is 4.25. The van der Waals surface area contributed by atoms with Gasteiger partial charge < -0.3 is 4.74 Å². The SMILES string of the molecule is CC(C)c1cccc(C(C)C)c1[N+]1=Cc2ccccc2OC1C. The Morgan fingerprint density at radius 1 is 0.870 bits per heavy atom. The van der Waals surface area contributed by atoms with Crippen molar-refractivity contribution < 1.29 is 9.31 Å². The summed E-state index contributed by atoms with van der Waals surface area (Å²) in [6.07, 6.45) is 2.22. The number of hydrogen-bond acceptors (Lipinski definition) is 1. The summed E-state index contributed by atoms with van der Waals surface area (Å²) in [6.45, 7) is 11.1. The summed E-state index contributed by atoms with van der Waals surface area (Å²) in [4.78, 5) is 0. The molecule has 2 aromatic carbocycles. The molecule has 2 nitrogen and oxygen atoms in total. The molecule has 2 heteroatoms. The maximum atomic E-state index is 6.16. The third kappa shape index (κ3) is 2.90. The molecule has 0 spiro atoms. The summed E-state index contributed by atoms with van der Waals surface area (Å²) in [5.74, 6) is 1.91. The Balaban J connectivity index is 2.23. The van der Waals surface area contributed by atoms with Gasteiger partial charge in [-0.3, -0.25) is 0 Å². The van der Waals surface area contributed by atoms with Crippen LogP contribution >= 0.6 is 0 Å². The van der Waals surface area contributed by atoms with Crippen molar-refractivity contribution in [2.45, 2.75) is 52.7 Å². The average molecular weight is 308 g/mol. The fourth-order valence-electron chi connectivity index (χ4n) is 3.25. The van der Waals surface area contributed by atoms with Crippen molar-refractivity contribution >= 4 is 11.9 Å². The molecule has 0 saturated heterocycles. The zero-order valence-electron chi connectivity index (χ0n) is 14.7. The molecule has 0 amide bonds. The van der Waals surface area contributed by atoms with Gasteiger partial charge in [-0.2, -0.15) is 4.58 Å². The Bertz CT molecular complexity index is 717. The van der Waals surface area contributed by atoms with Crippen molar-refractivity contribution in [3.63, 3.8) is 0 Å². The van der Waals surface area contributed by atoms with Crippen LogP contribution in [0.2, 0.25) is 0 Å². The quantitative estimate of drug-likeness (QED) is 0.688. The van der Waals surface area contributed by atoms with E-state index in [1.807, 2.05) is 12.1 Å². The lowest BCUT2D eigenvalue weighted by Gasteiger charge is -2.23. The third-order valence-electron chi connectivity index (χ3n) is 4.49. The number of ether oxygens (including phenoxy) is 1. The van der Waals surface area contributed by atoms with E-state index >= 15 is 0 Å². The lowest BCUT2D eigenvalue weighted by Crippen LogP contribution is -2.32. The molecular weight excluding hydrogens is 282 g/mol. The van der Waals surface area contributed by atoms with Crippen molar-refractivity contribution in [2.24, 2.45) is 0 Å². The molecule has 0 aliphatic carbocycles. The molecule has 1 aliphatic rings. The summed E-state index contributed by atoms with van der Waals surface area (Å²) in [5, 5.41) is 0. The zero-order chi connectivity index (χ0) is 16.6. The normalized spacial score (nSPS) is 17.0. The maximum Gasteiger partial charge on any atom is 0.299 e. The number of rotatable bonds is 3. The van der Waals surface area contributed by atoms with Crippen molar-refractivity contribution in [1.29, 1.82) is 0 Å². The minimum atomic E-state index is -0.0118. The summed E-state index contributed by atoms with van der Waals surface area (Å²) in [6, 6.07) is 14.9. The fourth-order valence-corrected chi connectivity index (χ4v) is 3.25. The van der Waals surface area contributed by atoms with Crippen molar-refractivity contribution in [3.8, 4) is 5.75 Å². The van der Waals surface area contributed by atoms with Crippen molar-refractivity contribution in [2.75, 3.05) is 0 Å². The molecule has 0 aromatic heterocycles. The summed E-state index contributed by atoms with van der Waals surface area (Å²) >= 11 is 0. The van der Waals surface area contributed by atoms with Crippen LogP contribution in [0.25, 0.3) is 0 Å². The number of para-hydroxylation sites is 2. The standard InChI is InChI=1S/C21H26NO/c1-14(2)18-10-8-11-19(15(3)4)21(18)22-13-17-9-6-7-12-20(17)23-16(22)5/h6-16H,1-5H3/q+1. The molecule has 1 atom stereocenters. The molecule has 0 N–H and O–H groups in total. The van der Waals surface area contributed by atoms with Crippen LogP contribution in [0.1, 0.15) is 63.1 Å². The van der Waals surface area contributed by atoms with Crippen LogP contribution in [-0.2, 0) is 0 Å². The highest BCUT2D eigenvalue weighted by molar-refractivity contribution is 5.81. The van der Waals surface area contributed by atoms with Crippen LogP contribution in [0.5, 0.6) is 5.75 Å². The van der Waals surface area contributed by atoms with E-state index in [4.69, 9.17) is 4.74 Å². The molecule has 1 unspecified atom stereocenters. The van der Waals surface area contributed by atoms with E-state index in [1.54, 1.807) is 0 Å². The number of fused-ring (bicyclic) bond motifs is 1.